The van der Waals surface area contributed by atoms with E-state index in [9.17, 15) is 18.0 Å². The van der Waals surface area contributed by atoms with E-state index >= 15 is 0 Å². The third-order valence-corrected chi connectivity index (χ3v) is 2.06. The quantitative estimate of drug-likeness (QED) is 0.773. The molecule has 6 heteroatoms. The van der Waals surface area contributed by atoms with Crippen molar-refractivity contribution in [1.29, 1.82) is 0 Å². The fourth-order valence-electron chi connectivity index (χ4n) is 1.01. The van der Waals surface area contributed by atoms with Crippen molar-refractivity contribution >= 4 is 17.6 Å². The van der Waals surface area contributed by atoms with Crippen LogP contribution in [0.25, 0.3) is 0 Å². The molecule has 0 saturated heterocycles. The first kappa shape index (κ1) is 12.8. The van der Waals surface area contributed by atoms with Crippen LogP contribution in [-0.4, -0.2) is 18.8 Å². The molecule has 0 atom stereocenters. The normalized spacial score (nSPS) is 11.2. The van der Waals surface area contributed by atoms with Gasteiger partial charge in [0.25, 0.3) is 0 Å². The van der Waals surface area contributed by atoms with E-state index in [1.54, 1.807) is 24.3 Å². The number of hydrogen-bond donors (Lipinski definition) is 0. The highest BCUT2D eigenvalue weighted by Crippen LogP contribution is 2.17. The Labute approximate surface area is 95.0 Å². The molecule has 0 saturated carbocycles. The van der Waals surface area contributed by atoms with Gasteiger partial charge in [-0.1, -0.05) is 29.8 Å². The second kappa shape index (κ2) is 5.21. The number of carbonyl (C=O) groups excluding carboxylic acids is 1. The summed E-state index contributed by atoms with van der Waals surface area (Å²) >= 11 is 5.73. The van der Waals surface area contributed by atoms with E-state index in [0.29, 0.717) is 10.6 Å². The highest BCUT2D eigenvalue weighted by molar-refractivity contribution is 6.31. The molecule has 0 heterocycles. The van der Waals surface area contributed by atoms with Crippen molar-refractivity contribution in [2.24, 2.45) is 0 Å². The lowest BCUT2D eigenvalue weighted by molar-refractivity contribution is -0.185. The number of rotatable bonds is 3. The summed E-state index contributed by atoms with van der Waals surface area (Å²) in [5.74, 6) is -0.953. The molecule has 1 rings (SSSR count). The maximum absolute atomic E-state index is 11.7. The second-order valence-corrected chi connectivity index (χ2v) is 3.45. The van der Waals surface area contributed by atoms with Gasteiger partial charge in [0.2, 0.25) is 0 Å². The van der Waals surface area contributed by atoms with Gasteiger partial charge in [-0.3, -0.25) is 4.79 Å². The predicted molar refractivity (Wildman–Crippen MR) is 52.2 cm³/mol. The lowest BCUT2D eigenvalue weighted by atomic mass is 10.1. The molecule has 0 spiro atoms. The first-order chi connectivity index (χ1) is 7.38. The smallest absolute Gasteiger partial charge is 0.422 e. The average molecular weight is 253 g/mol. The van der Waals surface area contributed by atoms with Crippen LogP contribution >= 0.6 is 11.6 Å². The Hall–Kier alpha value is -1.23. The maximum Gasteiger partial charge on any atom is 0.422 e. The Morgan fingerprint density at radius 2 is 1.94 bits per heavy atom. The van der Waals surface area contributed by atoms with E-state index in [0.717, 1.165) is 0 Å². The van der Waals surface area contributed by atoms with E-state index in [-0.39, 0.29) is 6.42 Å². The monoisotopic (exact) mass is 252 g/mol. The largest absolute Gasteiger partial charge is 0.456 e. The van der Waals surface area contributed by atoms with Crippen LogP contribution in [-0.2, 0) is 16.0 Å². The third-order valence-electron chi connectivity index (χ3n) is 1.69. The van der Waals surface area contributed by atoms with Crippen LogP contribution in [0.15, 0.2) is 24.3 Å². The molecule has 0 amide bonds. The molecule has 0 bridgehead atoms. The fourth-order valence-corrected chi connectivity index (χ4v) is 1.21. The van der Waals surface area contributed by atoms with Crippen LogP contribution in [0.1, 0.15) is 5.56 Å². The number of hydrogen-bond acceptors (Lipinski definition) is 2. The molecule has 1 aromatic carbocycles. The standard InChI is InChI=1S/C10H8ClF3O2/c11-8-4-2-1-3-7(8)5-9(15)16-6-10(12,13)14/h1-4H,5-6H2. The molecule has 0 aliphatic carbocycles. The van der Waals surface area contributed by atoms with Crippen molar-refractivity contribution in [3.05, 3.63) is 34.9 Å². The van der Waals surface area contributed by atoms with Crippen molar-refractivity contribution in [3.63, 3.8) is 0 Å². The molecular weight excluding hydrogens is 245 g/mol. The van der Waals surface area contributed by atoms with Gasteiger partial charge in [0.1, 0.15) is 0 Å². The topological polar surface area (TPSA) is 26.3 Å². The van der Waals surface area contributed by atoms with Gasteiger partial charge < -0.3 is 4.74 Å². The molecule has 1 aromatic rings. The molecule has 0 unspecified atom stereocenters. The maximum atomic E-state index is 11.7. The van der Waals surface area contributed by atoms with E-state index in [1.165, 1.54) is 0 Å². The van der Waals surface area contributed by atoms with E-state index in [4.69, 9.17) is 11.6 Å². The SMILES string of the molecule is O=C(Cc1ccccc1Cl)OCC(F)(F)F. The number of ether oxygens (including phenoxy) is 1. The summed E-state index contributed by atoms with van der Waals surface area (Å²) in [6.07, 6.45) is -4.77. The minimum absolute atomic E-state index is 0.268. The van der Waals surface area contributed by atoms with Crippen molar-refractivity contribution in [2.75, 3.05) is 6.61 Å². The minimum atomic E-state index is -4.50. The minimum Gasteiger partial charge on any atom is -0.456 e. The molecule has 0 aromatic heterocycles. The van der Waals surface area contributed by atoms with E-state index in [2.05, 4.69) is 4.74 Å². The Bertz CT molecular complexity index is 377. The van der Waals surface area contributed by atoms with Crippen LogP contribution < -0.4 is 0 Å². The predicted octanol–water partition coefficient (Wildman–Crippen LogP) is 2.99. The molecule has 0 aliphatic heterocycles. The van der Waals surface area contributed by atoms with Crippen LogP contribution in [0.2, 0.25) is 5.02 Å². The van der Waals surface area contributed by atoms with Gasteiger partial charge in [0.15, 0.2) is 6.61 Å². The summed E-state index contributed by atoms with van der Waals surface area (Å²) < 4.78 is 39.2. The summed E-state index contributed by atoms with van der Waals surface area (Å²) in [6.45, 7) is -1.57. The molecule has 0 fully saturated rings. The highest BCUT2D eigenvalue weighted by Gasteiger charge is 2.29. The van der Waals surface area contributed by atoms with Gasteiger partial charge in [-0.15, -0.1) is 0 Å². The van der Waals surface area contributed by atoms with Crippen molar-refractivity contribution in [1.82, 2.24) is 0 Å². The molecule has 0 N–H and O–H groups in total. The number of carbonyl (C=O) groups is 1. The lowest BCUT2D eigenvalue weighted by Crippen LogP contribution is -2.21. The van der Waals surface area contributed by atoms with Gasteiger partial charge in [-0.2, -0.15) is 13.2 Å². The Balaban J connectivity index is 2.50. The summed E-state index contributed by atoms with van der Waals surface area (Å²) in [5.41, 5.74) is 0.441. The number of halogens is 4. The van der Waals surface area contributed by atoms with Crippen LogP contribution in [0.5, 0.6) is 0 Å². The number of benzene rings is 1. The van der Waals surface area contributed by atoms with E-state index < -0.39 is 18.8 Å². The first-order valence-electron chi connectivity index (χ1n) is 4.34. The lowest BCUT2D eigenvalue weighted by Gasteiger charge is -2.08. The molecular formula is C10H8ClF3O2. The van der Waals surface area contributed by atoms with Gasteiger partial charge in [-0.05, 0) is 11.6 Å². The Morgan fingerprint density at radius 1 is 1.31 bits per heavy atom. The van der Waals surface area contributed by atoms with Crippen LogP contribution in [0.4, 0.5) is 13.2 Å². The summed E-state index contributed by atoms with van der Waals surface area (Å²) in [4.78, 5) is 11.0. The average Bonchev–Trinajstić information content (AvgIpc) is 2.18. The van der Waals surface area contributed by atoms with E-state index in [1.807, 2.05) is 0 Å². The van der Waals surface area contributed by atoms with Crippen molar-refractivity contribution in [3.8, 4) is 0 Å². The third kappa shape index (κ3) is 4.53. The fraction of sp³-hybridized carbons (Fsp3) is 0.300. The molecule has 2 nitrogen and oxygen atoms in total. The zero-order chi connectivity index (χ0) is 12.2. The Morgan fingerprint density at radius 3 is 2.50 bits per heavy atom. The number of esters is 1. The first-order valence-corrected chi connectivity index (χ1v) is 4.72. The Kier molecular flexibility index (Phi) is 4.18. The van der Waals surface area contributed by atoms with Crippen molar-refractivity contribution < 1.29 is 22.7 Å². The van der Waals surface area contributed by atoms with Crippen LogP contribution in [0, 0.1) is 0 Å². The second-order valence-electron chi connectivity index (χ2n) is 3.04. The van der Waals surface area contributed by atoms with Gasteiger partial charge in [0.05, 0.1) is 6.42 Å². The highest BCUT2D eigenvalue weighted by atomic mass is 35.5. The number of alkyl halides is 3. The summed E-state index contributed by atoms with van der Waals surface area (Å²) in [7, 11) is 0. The van der Waals surface area contributed by atoms with Gasteiger partial charge >= 0.3 is 12.1 Å². The molecule has 16 heavy (non-hydrogen) atoms. The van der Waals surface area contributed by atoms with Crippen molar-refractivity contribution in [2.45, 2.75) is 12.6 Å². The van der Waals surface area contributed by atoms with Crippen LogP contribution in [0.3, 0.4) is 0 Å². The van der Waals surface area contributed by atoms with Gasteiger partial charge in [-0.25, -0.2) is 0 Å². The molecule has 0 radical (unpaired) electrons. The zero-order valence-electron chi connectivity index (χ0n) is 8.05. The summed E-state index contributed by atoms with van der Waals surface area (Å²) in [5, 5.41) is 0.325. The summed E-state index contributed by atoms with van der Waals surface area (Å²) in [6, 6.07) is 6.40. The zero-order valence-corrected chi connectivity index (χ0v) is 8.81. The van der Waals surface area contributed by atoms with Gasteiger partial charge in [0, 0.05) is 5.02 Å². The molecule has 0 aliphatic rings. The molecule has 88 valence electrons.